The van der Waals surface area contributed by atoms with Crippen LogP contribution in [0.25, 0.3) is 0 Å². The number of carbonyl (C=O) groups is 1. The second-order valence-electron chi connectivity index (χ2n) is 3.92. The molecule has 94 valence electrons. The number of hydrogen-bond acceptors (Lipinski definition) is 2. The molecule has 0 aliphatic rings. The van der Waals surface area contributed by atoms with Crippen molar-refractivity contribution in [1.82, 2.24) is 5.32 Å². The van der Waals surface area contributed by atoms with Gasteiger partial charge in [0.2, 0.25) is 0 Å². The van der Waals surface area contributed by atoms with Gasteiger partial charge < -0.3 is 16.4 Å². The molecule has 0 saturated carbocycles. The Labute approximate surface area is 110 Å². The highest BCUT2D eigenvalue weighted by Gasteiger charge is 2.08. The van der Waals surface area contributed by atoms with Crippen LogP contribution in [-0.2, 0) is 0 Å². The van der Waals surface area contributed by atoms with Crippen LogP contribution in [0.15, 0.2) is 16.6 Å². The third kappa shape index (κ3) is 4.26. The van der Waals surface area contributed by atoms with E-state index in [1.807, 2.05) is 13.0 Å². The second-order valence-corrected chi connectivity index (χ2v) is 4.84. The van der Waals surface area contributed by atoms with Crippen molar-refractivity contribution in [1.29, 1.82) is 0 Å². The van der Waals surface area contributed by atoms with Crippen molar-refractivity contribution in [3.63, 3.8) is 0 Å². The van der Waals surface area contributed by atoms with Gasteiger partial charge in [0, 0.05) is 11.0 Å². The van der Waals surface area contributed by atoms with Crippen LogP contribution in [0.1, 0.15) is 25.3 Å². The molecule has 0 heterocycles. The predicted molar refractivity (Wildman–Crippen MR) is 75.2 cm³/mol. The van der Waals surface area contributed by atoms with Gasteiger partial charge in [-0.05, 0) is 31.0 Å². The Morgan fingerprint density at radius 2 is 2.18 bits per heavy atom. The molecule has 0 radical (unpaired) electrons. The first-order valence-corrected chi connectivity index (χ1v) is 6.44. The Hall–Kier alpha value is -1.23. The van der Waals surface area contributed by atoms with Gasteiger partial charge in [-0.2, -0.15) is 0 Å². The summed E-state index contributed by atoms with van der Waals surface area (Å²) in [4.78, 5) is 11.6. The normalized spacial score (nSPS) is 10.1. The number of rotatable bonds is 4. The average molecular weight is 300 g/mol. The summed E-state index contributed by atoms with van der Waals surface area (Å²) in [5.41, 5.74) is 8.01. The van der Waals surface area contributed by atoms with Gasteiger partial charge in [-0.25, -0.2) is 4.79 Å². The molecule has 5 heteroatoms. The number of unbranched alkanes of at least 4 members (excludes halogenated alkanes) is 1. The van der Waals surface area contributed by atoms with Gasteiger partial charge in [0.1, 0.15) is 0 Å². The summed E-state index contributed by atoms with van der Waals surface area (Å²) in [5.74, 6) is 0. The fourth-order valence-corrected chi connectivity index (χ4v) is 2.07. The summed E-state index contributed by atoms with van der Waals surface area (Å²) in [6, 6.07) is 3.47. The number of amides is 2. The molecule has 1 aromatic rings. The number of carbonyl (C=O) groups excluding carboxylic acids is 1. The minimum atomic E-state index is -0.212. The highest BCUT2D eigenvalue weighted by molar-refractivity contribution is 9.10. The minimum absolute atomic E-state index is 0.212. The number of nitrogens with two attached hydrogens (primary N) is 1. The zero-order valence-corrected chi connectivity index (χ0v) is 11.7. The van der Waals surface area contributed by atoms with E-state index in [4.69, 9.17) is 5.73 Å². The van der Waals surface area contributed by atoms with Crippen molar-refractivity contribution in [3.8, 4) is 0 Å². The topological polar surface area (TPSA) is 67.2 Å². The van der Waals surface area contributed by atoms with E-state index in [9.17, 15) is 4.79 Å². The Morgan fingerprint density at radius 1 is 1.47 bits per heavy atom. The van der Waals surface area contributed by atoms with Gasteiger partial charge >= 0.3 is 6.03 Å². The zero-order chi connectivity index (χ0) is 12.8. The van der Waals surface area contributed by atoms with Crippen molar-refractivity contribution >= 4 is 33.3 Å². The van der Waals surface area contributed by atoms with Crippen LogP contribution in [0.3, 0.4) is 0 Å². The van der Waals surface area contributed by atoms with E-state index in [1.54, 1.807) is 6.07 Å². The number of urea groups is 1. The first-order chi connectivity index (χ1) is 8.04. The van der Waals surface area contributed by atoms with E-state index in [1.165, 1.54) is 0 Å². The van der Waals surface area contributed by atoms with Crippen LogP contribution >= 0.6 is 15.9 Å². The molecule has 0 atom stereocenters. The highest BCUT2D eigenvalue weighted by Crippen LogP contribution is 2.27. The third-order valence-corrected chi connectivity index (χ3v) is 2.84. The van der Waals surface area contributed by atoms with Gasteiger partial charge in [-0.1, -0.05) is 29.3 Å². The van der Waals surface area contributed by atoms with E-state index in [-0.39, 0.29) is 6.03 Å². The molecule has 0 fully saturated rings. The van der Waals surface area contributed by atoms with Crippen LogP contribution in [-0.4, -0.2) is 12.6 Å². The average Bonchev–Trinajstić information content (AvgIpc) is 2.24. The lowest BCUT2D eigenvalue weighted by Gasteiger charge is -2.12. The number of aryl methyl sites for hydroxylation is 1. The van der Waals surface area contributed by atoms with E-state index >= 15 is 0 Å². The van der Waals surface area contributed by atoms with Crippen LogP contribution in [0.5, 0.6) is 0 Å². The molecule has 0 aliphatic heterocycles. The minimum Gasteiger partial charge on any atom is -0.397 e. The Bertz CT molecular complexity index is 384. The molecule has 4 nitrogen and oxygen atoms in total. The SMILES string of the molecule is CCCCNC(=O)Nc1c(C)cc(Br)cc1N. The first kappa shape index (κ1) is 13.8. The summed E-state index contributed by atoms with van der Waals surface area (Å²) in [7, 11) is 0. The molecule has 0 aliphatic carbocycles. The number of nitrogen functional groups attached to an aromatic ring is 1. The largest absolute Gasteiger partial charge is 0.397 e. The molecule has 1 rings (SSSR count). The molecule has 0 spiro atoms. The molecule has 4 N–H and O–H groups in total. The monoisotopic (exact) mass is 299 g/mol. The number of hydrogen-bond donors (Lipinski definition) is 3. The zero-order valence-electron chi connectivity index (χ0n) is 10.1. The molecule has 0 aromatic heterocycles. The maximum Gasteiger partial charge on any atom is 0.319 e. The van der Waals surface area contributed by atoms with E-state index < -0.39 is 0 Å². The Morgan fingerprint density at radius 3 is 2.76 bits per heavy atom. The third-order valence-electron chi connectivity index (χ3n) is 2.39. The van der Waals surface area contributed by atoms with Gasteiger partial charge in [-0.15, -0.1) is 0 Å². The van der Waals surface area contributed by atoms with Gasteiger partial charge in [-0.3, -0.25) is 0 Å². The standard InChI is InChI=1S/C12H18BrN3O/c1-3-4-5-15-12(17)16-11-8(2)6-9(13)7-10(11)14/h6-7H,3-5,14H2,1-2H3,(H2,15,16,17). The quantitative estimate of drug-likeness (QED) is 0.590. The lowest BCUT2D eigenvalue weighted by molar-refractivity contribution is 0.252. The molecule has 2 amide bonds. The van der Waals surface area contributed by atoms with E-state index in [0.717, 1.165) is 22.9 Å². The number of benzene rings is 1. The van der Waals surface area contributed by atoms with Crippen LogP contribution in [0.2, 0.25) is 0 Å². The van der Waals surface area contributed by atoms with Crippen molar-refractivity contribution in [3.05, 3.63) is 22.2 Å². The Balaban J connectivity index is 2.65. The van der Waals surface area contributed by atoms with Crippen LogP contribution in [0, 0.1) is 6.92 Å². The van der Waals surface area contributed by atoms with E-state index in [0.29, 0.717) is 17.9 Å². The van der Waals surface area contributed by atoms with Crippen molar-refractivity contribution in [2.45, 2.75) is 26.7 Å². The molecule has 0 saturated heterocycles. The van der Waals surface area contributed by atoms with Gasteiger partial charge in [0.25, 0.3) is 0 Å². The summed E-state index contributed by atoms with van der Waals surface area (Å²) in [6.07, 6.45) is 2.03. The number of halogens is 1. The molecule has 0 unspecified atom stereocenters. The predicted octanol–water partition coefficient (Wildman–Crippen LogP) is 3.26. The smallest absolute Gasteiger partial charge is 0.319 e. The molecular formula is C12H18BrN3O. The van der Waals surface area contributed by atoms with Crippen molar-refractivity contribution in [2.75, 3.05) is 17.6 Å². The summed E-state index contributed by atoms with van der Waals surface area (Å²) >= 11 is 3.36. The summed E-state index contributed by atoms with van der Waals surface area (Å²) in [5, 5.41) is 5.55. The fourth-order valence-electron chi connectivity index (χ4n) is 1.48. The summed E-state index contributed by atoms with van der Waals surface area (Å²) in [6.45, 7) is 4.66. The van der Waals surface area contributed by atoms with Gasteiger partial charge in [0.05, 0.1) is 11.4 Å². The van der Waals surface area contributed by atoms with Gasteiger partial charge in [0.15, 0.2) is 0 Å². The first-order valence-electron chi connectivity index (χ1n) is 5.65. The molecular weight excluding hydrogens is 282 g/mol. The fraction of sp³-hybridized carbons (Fsp3) is 0.417. The molecule has 17 heavy (non-hydrogen) atoms. The molecule has 1 aromatic carbocycles. The maximum absolute atomic E-state index is 11.6. The maximum atomic E-state index is 11.6. The van der Waals surface area contributed by atoms with Crippen LogP contribution < -0.4 is 16.4 Å². The number of anilines is 2. The van der Waals surface area contributed by atoms with Crippen LogP contribution in [0.4, 0.5) is 16.2 Å². The summed E-state index contributed by atoms with van der Waals surface area (Å²) < 4.78 is 0.907. The highest BCUT2D eigenvalue weighted by atomic mass is 79.9. The Kier molecular flexibility index (Phi) is 5.28. The van der Waals surface area contributed by atoms with E-state index in [2.05, 4.69) is 33.5 Å². The van der Waals surface area contributed by atoms with Crippen molar-refractivity contribution in [2.24, 2.45) is 0 Å². The lowest BCUT2D eigenvalue weighted by atomic mass is 10.1. The lowest BCUT2D eigenvalue weighted by Crippen LogP contribution is -2.30. The van der Waals surface area contributed by atoms with Crippen molar-refractivity contribution < 1.29 is 4.79 Å². The molecule has 0 bridgehead atoms. The number of nitrogens with one attached hydrogen (secondary N) is 2. The second kappa shape index (κ2) is 6.49.